The second-order valence-electron chi connectivity index (χ2n) is 8.44. The summed E-state index contributed by atoms with van der Waals surface area (Å²) in [6.07, 6.45) is -3.44. The topological polar surface area (TPSA) is 86.6 Å². The Morgan fingerprint density at radius 2 is 1.55 bits per heavy atom. The van der Waals surface area contributed by atoms with Crippen LogP contribution in [0.4, 0.5) is 0 Å². The Bertz CT molecular complexity index is 828. The second-order valence-corrected chi connectivity index (χ2v) is 8.44. The summed E-state index contributed by atoms with van der Waals surface area (Å²) in [6, 6.07) is 19.5. The summed E-state index contributed by atoms with van der Waals surface area (Å²) in [5.41, 5.74) is 0.800. The molecule has 0 amide bonds. The highest BCUT2D eigenvalue weighted by atomic mass is 16.8. The van der Waals surface area contributed by atoms with Gasteiger partial charge < -0.3 is 33.9 Å². The van der Waals surface area contributed by atoms with E-state index in [1.807, 2.05) is 60.7 Å². The lowest BCUT2D eigenvalue weighted by Gasteiger charge is -2.39. The molecule has 2 heterocycles. The quantitative estimate of drug-likeness (QED) is 0.632. The van der Waals surface area contributed by atoms with Gasteiger partial charge in [0.25, 0.3) is 0 Å². The fourth-order valence-electron chi connectivity index (χ4n) is 4.16. The molecule has 2 aromatic carbocycles. The highest BCUT2D eigenvalue weighted by Gasteiger charge is 2.66. The van der Waals surface area contributed by atoms with Gasteiger partial charge in [-0.25, -0.2) is 0 Å². The van der Waals surface area contributed by atoms with E-state index < -0.39 is 42.6 Å². The summed E-state index contributed by atoms with van der Waals surface area (Å²) in [6.45, 7) is 3.85. The minimum Gasteiger partial charge on any atom is -0.394 e. The van der Waals surface area contributed by atoms with Gasteiger partial charge >= 0.3 is 0 Å². The predicted octanol–water partition coefficient (Wildman–Crippen LogP) is 2.39. The predicted molar refractivity (Wildman–Crippen MR) is 112 cm³/mol. The summed E-state index contributed by atoms with van der Waals surface area (Å²) < 4.78 is 30.6. The normalized spacial score (nSPS) is 30.3. The van der Waals surface area contributed by atoms with Gasteiger partial charge in [-0.05, 0) is 25.0 Å². The molecule has 7 nitrogen and oxygen atoms in total. The van der Waals surface area contributed by atoms with Crippen LogP contribution in [0, 0.1) is 0 Å². The minimum absolute atomic E-state index is 0.0943. The Labute approximate surface area is 182 Å². The zero-order valence-electron chi connectivity index (χ0n) is 17.8. The van der Waals surface area contributed by atoms with Crippen LogP contribution in [0.15, 0.2) is 60.7 Å². The first-order chi connectivity index (χ1) is 14.9. The largest absolute Gasteiger partial charge is 0.394 e. The molecule has 2 aliphatic rings. The van der Waals surface area contributed by atoms with Crippen molar-refractivity contribution < 1.29 is 33.9 Å². The third kappa shape index (κ3) is 4.83. The minimum atomic E-state index is -1.18. The molecule has 0 saturated carbocycles. The highest BCUT2D eigenvalue weighted by Crippen LogP contribution is 2.46. The van der Waals surface area contributed by atoms with E-state index in [1.165, 1.54) is 0 Å². The van der Waals surface area contributed by atoms with Gasteiger partial charge in [0, 0.05) is 0 Å². The molecule has 2 saturated heterocycles. The first kappa shape index (κ1) is 22.4. The van der Waals surface area contributed by atoms with E-state index in [2.05, 4.69) is 0 Å². The van der Waals surface area contributed by atoms with E-state index in [0.717, 1.165) is 11.1 Å². The average Bonchev–Trinajstić information content (AvgIpc) is 3.24. The molecule has 2 fully saturated rings. The van der Waals surface area contributed by atoms with Crippen molar-refractivity contribution in [1.82, 2.24) is 0 Å². The third-order valence-corrected chi connectivity index (χ3v) is 5.63. The smallest absolute Gasteiger partial charge is 0.190 e. The third-order valence-electron chi connectivity index (χ3n) is 5.63. The van der Waals surface area contributed by atoms with Crippen molar-refractivity contribution in [2.45, 2.75) is 63.1 Å². The molecule has 2 unspecified atom stereocenters. The molecule has 0 spiro atoms. The van der Waals surface area contributed by atoms with Crippen molar-refractivity contribution in [3.63, 3.8) is 0 Å². The first-order valence-corrected chi connectivity index (χ1v) is 10.5. The maximum Gasteiger partial charge on any atom is 0.190 e. The van der Waals surface area contributed by atoms with E-state index in [-0.39, 0.29) is 13.2 Å². The standard InChI is InChI=1S/C24H30O7/c1-23(2)30-21-22(31-23)29-20(19(26)13-25)24(21,28-15-18-11-7-4-8-12-18)16-27-14-17-9-5-3-6-10-17/h3-12,19-22,25-26H,13-16H2,1-2H3/t19-,20+,21?,22+,24?/m0/s1. The van der Waals surface area contributed by atoms with Crippen LogP contribution in [0.3, 0.4) is 0 Å². The van der Waals surface area contributed by atoms with E-state index >= 15 is 0 Å². The zero-order valence-corrected chi connectivity index (χ0v) is 17.8. The number of aliphatic hydroxyl groups excluding tert-OH is 2. The van der Waals surface area contributed by atoms with Crippen LogP contribution < -0.4 is 0 Å². The molecule has 168 valence electrons. The Hall–Kier alpha value is -1.84. The van der Waals surface area contributed by atoms with Crippen LogP contribution >= 0.6 is 0 Å². The van der Waals surface area contributed by atoms with Gasteiger partial charge in [0.05, 0.1) is 26.4 Å². The highest BCUT2D eigenvalue weighted by molar-refractivity contribution is 5.16. The van der Waals surface area contributed by atoms with Crippen molar-refractivity contribution in [1.29, 1.82) is 0 Å². The maximum absolute atomic E-state index is 10.6. The van der Waals surface area contributed by atoms with E-state index in [0.29, 0.717) is 6.61 Å². The van der Waals surface area contributed by atoms with Gasteiger partial charge in [-0.1, -0.05) is 60.7 Å². The molecule has 0 radical (unpaired) electrons. The average molecular weight is 430 g/mol. The van der Waals surface area contributed by atoms with Crippen molar-refractivity contribution >= 4 is 0 Å². The molecule has 0 bridgehead atoms. The van der Waals surface area contributed by atoms with Crippen LogP contribution in [0.5, 0.6) is 0 Å². The van der Waals surface area contributed by atoms with Crippen LogP contribution in [-0.4, -0.2) is 59.4 Å². The fraction of sp³-hybridized carbons (Fsp3) is 0.500. The van der Waals surface area contributed by atoms with Gasteiger partial charge in [0.1, 0.15) is 18.3 Å². The van der Waals surface area contributed by atoms with E-state index in [1.54, 1.807) is 13.8 Å². The van der Waals surface area contributed by atoms with Gasteiger partial charge in [-0.15, -0.1) is 0 Å². The van der Waals surface area contributed by atoms with Crippen LogP contribution in [0.1, 0.15) is 25.0 Å². The van der Waals surface area contributed by atoms with E-state index in [9.17, 15) is 10.2 Å². The summed E-state index contributed by atoms with van der Waals surface area (Å²) in [5.74, 6) is -0.870. The lowest BCUT2D eigenvalue weighted by atomic mass is 9.89. The number of ether oxygens (including phenoxy) is 5. The maximum atomic E-state index is 10.6. The fourth-order valence-corrected chi connectivity index (χ4v) is 4.16. The SMILES string of the molecule is CC1(C)OC2[C@H](O[C@H]([C@@H](O)CO)C2(COCc2ccccc2)OCc2ccccc2)O1. The van der Waals surface area contributed by atoms with Gasteiger partial charge in [-0.2, -0.15) is 0 Å². The Kier molecular flexibility index (Phi) is 6.74. The molecule has 4 rings (SSSR count). The van der Waals surface area contributed by atoms with Crippen LogP contribution in [-0.2, 0) is 36.9 Å². The van der Waals surface area contributed by atoms with Crippen LogP contribution in [0.2, 0.25) is 0 Å². The summed E-state index contributed by atoms with van der Waals surface area (Å²) in [7, 11) is 0. The summed E-state index contributed by atoms with van der Waals surface area (Å²) >= 11 is 0. The number of rotatable bonds is 9. The molecule has 7 heteroatoms. The number of fused-ring (bicyclic) bond motifs is 1. The number of aliphatic hydroxyl groups is 2. The van der Waals surface area contributed by atoms with Gasteiger partial charge in [0.15, 0.2) is 17.7 Å². The lowest BCUT2D eigenvalue weighted by Crippen LogP contribution is -2.58. The monoisotopic (exact) mass is 430 g/mol. The molecule has 2 aliphatic heterocycles. The van der Waals surface area contributed by atoms with Crippen molar-refractivity contribution in [2.75, 3.05) is 13.2 Å². The summed E-state index contributed by atoms with van der Waals surface area (Å²) in [5, 5.41) is 20.2. The molecular weight excluding hydrogens is 400 g/mol. The Balaban J connectivity index is 1.60. The molecule has 0 aliphatic carbocycles. The number of hydrogen-bond acceptors (Lipinski definition) is 7. The number of hydrogen-bond donors (Lipinski definition) is 2. The zero-order chi connectivity index (χ0) is 21.9. The number of benzene rings is 2. The summed E-state index contributed by atoms with van der Waals surface area (Å²) in [4.78, 5) is 0. The molecular formula is C24H30O7. The lowest BCUT2D eigenvalue weighted by molar-refractivity contribution is -0.262. The second kappa shape index (κ2) is 9.34. The Morgan fingerprint density at radius 3 is 2.16 bits per heavy atom. The van der Waals surface area contributed by atoms with Gasteiger partial charge in [-0.3, -0.25) is 0 Å². The molecule has 5 atom stereocenters. The van der Waals surface area contributed by atoms with Crippen molar-refractivity contribution in [3.05, 3.63) is 71.8 Å². The molecule has 0 aromatic heterocycles. The van der Waals surface area contributed by atoms with Crippen molar-refractivity contribution in [3.8, 4) is 0 Å². The first-order valence-electron chi connectivity index (χ1n) is 10.5. The Morgan fingerprint density at radius 1 is 0.935 bits per heavy atom. The van der Waals surface area contributed by atoms with Crippen molar-refractivity contribution in [2.24, 2.45) is 0 Å². The van der Waals surface area contributed by atoms with Crippen LogP contribution in [0.25, 0.3) is 0 Å². The molecule has 2 N–H and O–H groups in total. The molecule has 31 heavy (non-hydrogen) atoms. The van der Waals surface area contributed by atoms with Gasteiger partial charge in [0.2, 0.25) is 0 Å². The molecule has 2 aromatic rings. The van der Waals surface area contributed by atoms with E-state index in [4.69, 9.17) is 23.7 Å².